The van der Waals surface area contributed by atoms with Crippen LogP contribution in [0.5, 0.6) is 5.75 Å². The summed E-state index contributed by atoms with van der Waals surface area (Å²) in [6, 6.07) is 6.21. The van der Waals surface area contributed by atoms with Crippen LogP contribution in [0.25, 0.3) is 0 Å². The van der Waals surface area contributed by atoms with Crippen molar-refractivity contribution in [1.29, 1.82) is 0 Å². The molecule has 0 aliphatic heterocycles. The second-order valence-corrected chi connectivity index (χ2v) is 3.29. The highest BCUT2D eigenvalue weighted by Crippen LogP contribution is 2.16. The summed E-state index contributed by atoms with van der Waals surface area (Å²) in [5.74, 6) is 2.01. The van der Waals surface area contributed by atoms with Crippen LogP contribution in [-0.4, -0.2) is 11.1 Å². The van der Waals surface area contributed by atoms with Crippen molar-refractivity contribution in [3.8, 4) is 17.8 Å². The minimum absolute atomic E-state index is 0.0946. The van der Waals surface area contributed by atoms with E-state index in [2.05, 4.69) is 19.0 Å². The Morgan fingerprint density at radius 2 is 2.19 bits per heavy atom. The van der Waals surface area contributed by atoms with Crippen molar-refractivity contribution in [2.75, 3.05) is 0 Å². The summed E-state index contributed by atoms with van der Waals surface area (Å²) in [5.41, 5.74) is 0.132. The number of aromatic hydroxyl groups is 1. The Morgan fingerprint density at radius 1 is 1.44 bits per heavy atom. The third-order valence-corrected chi connectivity index (χ3v) is 2.00. The van der Waals surface area contributed by atoms with Gasteiger partial charge in [-0.2, -0.15) is 0 Å². The molecule has 1 aromatic rings. The number of phenolic OH excluding ortho intramolecular Hbond substituents is 1. The molecule has 0 aliphatic rings. The molecule has 0 fully saturated rings. The van der Waals surface area contributed by atoms with Gasteiger partial charge < -0.3 is 9.84 Å². The maximum Gasteiger partial charge on any atom is 0.355 e. The quantitative estimate of drug-likeness (QED) is 0.482. The third-order valence-electron chi connectivity index (χ3n) is 2.00. The van der Waals surface area contributed by atoms with Crippen molar-refractivity contribution in [3.05, 3.63) is 29.8 Å². The molecule has 0 amide bonds. The predicted molar refractivity (Wildman–Crippen MR) is 60.8 cm³/mol. The minimum Gasteiger partial charge on any atom is -0.507 e. The Kier molecular flexibility index (Phi) is 4.94. The van der Waals surface area contributed by atoms with Gasteiger partial charge in [-0.15, -0.1) is 0 Å². The van der Waals surface area contributed by atoms with Crippen molar-refractivity contribution in [1.82, 2.24) is 0 Å². The normalized spacial score (nSPS) is 9.06. The molecule has 3 nitrogen and oxygen atoms in total. The predicted octanol–water partition coefficient (Wildman–Crippen LogP) is 2.70. The van der Waals surface area contributed by atoms with Crippen LogP contribution >= 0.6 is 0 Å². The number of phenols is 1. The Morgan fingerprint density at radius 3 is 2.88 bits per heavy atom. The first-order valence-corrected chi connectivity index (χ1v) is 5.22. The summed E-state index contributed by atoms with van der Waals surface area (Å²) in [5, 5.41) is 9.37. The molecule has 1 aromatic carbocycles. The Bertz CT molecular complexity index is 413. The van der Waals surface area contributed by atoms with Crippen molar-refractivity contribution in [2.45, 2.75) is 26.2 Å². The molecule has 3 heteroatoms. The molecule has 0 bridgehead atoms. The number of carbonyl (C=O) groups excluding carboxylic acids is 1. The van der Waals surface area contributed by atoms with E-state index in [4.69, 9.17) is 4.74 Å². The second-order valence-electron chi connectivity index (χ2n) is 3.29. The lowest BCUT2D eigenvalue weighted by atomic mass is 10.2. The van der Waals surface area contributed by atoms with Gasteiger partial charge >= 0.3 is 5.97 Å². The Balaban J connectivity index is 2.52. The summed E-state index contributed by atoms with van der Waals surface area (Å²) >= 11 is 0. The average Bonchev–Trinajstić information content (AvgIpc) is 2.29. The van der Waals surface area contributed by atoms with Crippen LogP contribution in [0.15, 0.2) is 24.3 Å². The highest BCUT2D eigenvalue weighted by atomic mass is 16.5. The fourth-order valence-electron chi connectivity index (χ4n) is 1.10. The van der Waals surface area contributed by atoms with Crippen molar-refractivity contribution < 1.29 is 14.6 Å². The van der Waals surface area contributed by atoms with E-state index in [0.717, 1.165) is 12.8 Å². The lowest BCUT2D eigenvalue weighted by molar-refractivity contribution is 0.0687. The standard InChI is InChI=1S/C13H14O3/c1-2-3-4-7-10-16-13(15)11-8-5-6-9-12(11)14/h5-6,8-9,14H,2-4H2,1H3. The van der Waals surface area contributed by atoms with Gasteiger partial charge in [0.05, 0.1) is 0 Å². The fraction of sp³-hybridized carbons (Fsp3) is 0.308. The smallest absolute Gasteiger partial charge is 0.355 e. The van der Waals surface area contributed by atoms with Crippen LogP contribution in [0.2, 0.25) is 0 Å². The topological polar surface area (TPSA) is 46.5 Å². The van der Waals surface area contributed by atoms with Gasteiger partial charge in [-0.1, -0.05) is 31.4 Å². The largest absolute Gasteiger partial charge is 0.507 e. The van der Waals surface area contributed by atoms with Gasteiger partial charge in [-0.05, 0) is 18.6 Å². The molecule has 16 heavy (non-hydrogen) atoms. The van der Waals surface area contributed by atoms with E-state index in [0.29, 0.717) is 6.42 Å². The first-order valence-electron chi connectivity index (χ1n) is 5.22. The molecule has 0 atom stereocenters. The van der Waals surface area contributed by atoms with Crippen LogP contribution in [0.4, 0.5) is 0 Å². The van der Waals surface area contributed by atoms with E-state index in [-0.39, 0.29) is 11.3 Å². The third kappa shape index (κ3) is 3.66. The molecule has 0 spiro atoms. The molecule has 84 valence electrons. The van der Waals surface area contributed by atoms with Gasteiger partial charge in [0.15, 0.2) is 0 Å². The van der Waals surface area contributed by atoms with Gasteiger partial charge in [0, 0.05) is 6.42 Å². The van der Waals surface area contributed by atoms with E-state index in [1.54, 1.807) is 12.1 Å². The second kappa shape index (κ2) is 6.52. The molecule has 0 aliphatic carbocycles. The summed E-state index contributed by atoms with van der Waals surface area (Å²) in [6.07, 6.45) is 5.09. The first-order chi connectivity index (χ1) is 7.75. The fourth-order valence-corrected chi connectivity index (χ4v) is 1.10. The molecule has 0 radical (unpaired) electrons. The number of unbranched alkanes of at least 4 members (excludes halogenated alkanes) is 2. The zero-order chi connectivity index (χ0) is 11.8. The zero-order valence-corrected chi connectivity index (χ0v) is 9.19. The van der Waals surface area contributed by atoms with E-state index < -0.39 is 5.97 Å². The molecule has 1 N–H and O–H groups in total. The molecule has 0 saturated carbocycles. The summed E-state index contributed by atoms with van der Waals surface area (Å²) in [6.45, 7) is 2.07. The van der Waals surface area contributed by atoms with E-state index in [1.165, 1.54) is 12.1 Å². The van der Waals surface area contributed by atoms with Crippen molar-refractivity contribution >= 4 is 5.97 Å². The highest BCUT2D eigenvalue weighted by Gasteiger charge is 2.10. The minimum atomic E-state index is -0.623. The van der Waals surface area contributed by atoms with Crippen LogP contribution < -0.4 is 0 Å². The van der Waals surface area contributed by atoms with Crippen LogP contribution in [0.3, 0.4) is 0 Å². The number of para-hydroxylation sites is 1. The molecule has 0 aromatic heterocycles. The number of hydrogen-bond donors (Lipinski definition) is 1. The number of carbonyl (C=O) groups is 1. The highest BCUT2D eigenvalue weighted by molar-refractivity contribution is 5.92. The van der Waals surface area contributed by atoms with Crippen LogP contribution in [-0.2, 0) is 4.74 Å². The van der Waals surface area contributed by atoms with Gasteiger partial charge in [0.25, 0.3) is 0 Å². The molecular weight excluding hydrogens is 204 g/mol. The van der Waals surface area contributed by atoms with Gasteiger partial charge in [-0.3, -0.25) is 0 Å². The first kappa shape index (κ1) is 12.1. The van der Waals surface area contributed by atoms with E-state index in [1.807, 2.05) is 0 Å². The lowest BCUT2D eigenvalue weighted by Crippen LogP contribution is -2.00. The average molecular weight is 218 g/mol. The number of benzene rings is 1. The van der Waals surface area contributed by atoms with Crippen LogP contribution in [0.1, 0.15) is 36.5 Å². The maximum absolute atomic E-state index is 11.4. The number of rotatable bonds is 3. The van der Waals surface area contributed by atoms with Crippen LogP contribution in [0, 0.1) is 12.0 Å². The van der Waals surface area contributed by atoms with Gasteiger partial charge in [-0.25, -0.2) is 4.79 Å². The molecule has 0 saturated heterocycles. The SMILES string of the molecule is CCCCC#COC(=O)c1ccccc1O. The van der Waals surface area contributed by atoms with Gasteiger partial charge in [0.1, 0.15) is 17.4 Å². The molecule has 1 rings (SSSR count). The molecule has 0 unspecified atom stereocenters. The van der Waals surface area contributed by atoms with Crippen molar-refractivity contribution in [3.63, 3.8) is 0 Å². The lowest BCUT2D eigenvalue weighted by Gasteiger charge is -1.99. The molecule has 0 heterocycles. The number of hydrogen-bond acceptors (Lipinski definition) is 3. The maximum atomic E-state index is 11.4. The Hall–Kier alpha value is -1.95. The van der Waals surface area contributed by atoms with E-state index >= 15 is 0 Å². The molecular formula is C13H14O3. The zero-order valence-electron chi connectivity index (χ0n) is 9.19. The summed E-state index contributed by atoms with van der Waals surface area (Å²) < 4.78 is 4.70. The number of ether oxygens (including phenoxy) is 1. The number of esters is 1. The van der Waals surface area contributed by atoms with Gasteiger partial charge in [0.2, 0.25) is 0 Å². The summed E-state index contributed by atoms with van der Waals surface area (Å²) in [7, 11) is 0. The monoisotopic (exact) mass is 218 g/mol. The van der Waals surface area contributed by atoms with Crippen molar-refractivity contribution in [2.24, 2.45) is 0 Å². The Labute approximate surface area is 95.1 Å². The van der Waals surface area contributed by atoms with E-state index in [9.17, 15) is 9.90 Å². The summed E-state index contributed by atoms with van der Waals surface area (Å²) in [4.78, 5) is 11.4.